The van der Waals surface area contributed by atoms with E-state index in [0.717, 1.165) is 28.3 Å². The fourth-order valence-corrected chi connectivity index (χ4v) is 5.98. The Morgan fingerprint density at radius 3 is 2.24 bits per heavy atom. The number of carbonyl (C=O) groups excluding carboxylic acids is 2. The van der Waals surface area contributed by atoms with Gasteiger partial charge in [0.15, 0.2) is 0 Å². The summed E-state index contributed by atoms with van der Waals surface area (Å²) in [6.07, 6.45) is 2.58. The molecule has 0 saturated heterocycles. The van der Waals surface area contributed by atoms with Gasteiger partial charge in [-0.15, -0.1) is 0 Å². The third kappa shape index (κ3) is 10.2. The molecule has 0 bridgehead atoms. The first-order valence-electron chi connectivity index (χ1n) is 13.6. The van der Waals surface area contributed by atoms with E-state index in [2.05, 4.69) is 21.2 Å². The number of halogens is 2. The van der Waals surface area contributed by atoms with Crippen LogP contribution in [0, 0.1) is 0 Å². The number of carbonyl (C=O) groups is 2. The Hall–Kier alpha value is -2.88. The normalized spacial score (nSPS) is 12.8. The summed E-state index contributed by atoms with van der Waals surface area (Å²) in [5.74, 6) is -0.444. The summed E-state index contributed by atoms with van der Waals surface area (Å²) in [6.45, 7) is 4.28. The molecule has 0 aliphatic carbocycles. The molecule has 0 aliphatic heterocycles. The molecule has 0 aromatic heterocycles. The Labute approximate surface area is 257 Å². The molecule has 3 aromatic rings. The zero-order valence-corrected chi connectivity index (χ0v) is 26.8. The minimum absolute atomic E-state index is 0.0497. The van der Waals surface area contributed by atoms with E-state index in [1.165, 1.54) is 4.31 Å². The quantitative estimate of drug-likeness (QED) is 0.223. The number of amides is 2. The lowest BCUT2D eigenvalue weighted by Gasteiger charge is -2.32. The van der Waals surface area contributed by atoms with Gasteiger partial charge < -0.3 is 10.2 Å². The second kappa shape index (κ2) is 15.4. The third-order valence-electron chi connectivity index (χ3n) is 6.78. The Morgan fingerprint density at radius 2 is 1.63 bits per heavy atom. The predicted molar refractivity (Wildman–Crippen MR) is 169 cm³/mol. The number of hydrogen-bond acceptors (Lipinski definition) is 4. The van der Waals surface area contributed by atoms with Gasteiger partial charge in [0, 0.05) is 41.5 Å². The van der Waals surface area contributed by atoms with Gasteiger partial charge in [-0.25, -0.2) is 8.42 Å². The molecule has 41 heavy (non-hydrogen) atoms. The van der Waals surface area contributed by atoms with Crippen molar-refractivity contribution in [3.8, 4) is 0 Å². The van der Waals surface area contributed by atoms with Gasteiger partial charge in [-0.05, 0) is 67.3 Å². The van der Waals surface area contributed by atoms with Crippen molar-refractivity contribution in [2.75, 3.05) is 17.1 Å². The molecule has 2 amide bonds. The standard InChI is InChI=1S/C31H37BrClN3O4S/c1-4-23(2)34-31(38)29(21-24-10-6-5-7-11-24)35(22-25-12-8-13-26(32)20-25)30(37)14-9-19-36(41(3,39)40)28-17-15-27(33)16-18-28/h5-8,10-13,15-18,20,23,29H,4,9,14,19,21-22H2,1-3H3,(H,34,38)/t23-,29+/m1/s1. The van der Waals surface area contributed by atoms with Crippen LogP contribution in [0.25, 0.3) is 0 Å². The van der Waals surface area contributed by atoms with Gasteiger partial charge in [0.1, 0.15) is 6.04 Å². The topological polar surface area (TPSA) is 86.8 Å². The fraction of sp³-hybridized carbons (Fsp3) is 0.355. The molecule has 0 radical (unpaired) electrons. The van der Waals surface area contributed by atoms with Gasteiger partial charge in [-0.2, -0.15) is 0 Å². The lowest BCUT2D eigenvalue weighted by molar-refractivity contribution is -0.141. The highest BCUT2D eigenvalue weighted by atomic mass is 79.9. The van der Waals surface area contributed by atoms with Crippen molar-refractivity contribution in [3.63, 3.8) is 0 Å². The minimum atomic E-state index is -3.59. The zero-order chi connectivity index (χ0) is 30.0. The molecular formula is C31H37BrClN3O4S. The molecule has 0 fully saturated rings. The Bertz CT molecular complexity index is 1400. The largest absolute Gasteiger partial charge is 0.352 e. The van der Waals surface area contributed by atoms with Crippen LogP contribution in [0.3, 0.4) is 0 Å². The summed E-state index contributed by atoms with van der Waals surface area (Å²) in [4.78, 5) is 29.1. The van der Waals surface area contributed by atoms with E-state index in [-0.39, 0.29) is 43.8 Å². The average Bonchev–Trinajstić information content (AvgIpc) is 2.93. The fourth-order valence-electron chi connectivity index (χ4n) is 4.44. The summed E-state index contributed by atoms with van der Waals surface area (Å²) in [5.41, 5.74) is 2.29. The SMILES string of the molecule is CC[C@@H](C)NC(=O)[C@H](Cc1ccccc1)N(Cc1cccc(Br)c1)C(=O)CCCN(c1ccc(Cl)cc1)S(C)(=O)=O. The number of anilines is 1. The molecular weight excluding hydrogens is 626 g/mol. The van der Waals surface area contributed by atoms with Crippen LogP contribution in [0.15, 0.2) is 83.3 Å². The van der Waals surface area contributed by atoms with Crippen molar-refractivity contribution in [2.45, 2.75) is 58.2 Å². The summed E-state index contributed by atoms with van der Waals surface area (Å²) < 4.78 is 27.3. The van der Waals surface area contributed by atoms with E-state index in [1.54, 1.807) is 29.2 Å². The van der Waals surface area contributed by atoms with Crippen molar-refractivity contribution < 1.29 is 18.0 Å². The lowest BCUT2D eigenvalue weighted by atomic mass is 10.0. The van der Waals surface area contributed by atoms with E-state index < -0.39 is 16.1 Å². The summed E-state index contributed by atoms with van der Waals surface area (Å²) >= 11 is 9.49. The van der Waals surface area contributed by atoms with Crippen LogP contribution in [-0.4, -0.2) is 50.0 Å². The van der Waals surface area contributed by atoms with Crippen LogP contribution in [0.2, 0.25) is 5.02 Å². The highest BCUT2D eigenvalue weighted by molar-refractivity contribution is 9.10. The molecule has 0 aliphatic rings. The van der Waals surface area contributed by atoms with Crippen molar-refractivity contribution in [1.82, 2.24) is 10.2 Å². The smallest absolute Gasteiger partial charge is 0.243 e. The molecule has 10 heteroatoms. The van der Waals surface area contributed by atoms with Gasteiger partial charge >= 0.3 is 0 Å². The zero-order valence-electron chi connectivity index (χ0n) is 23.6. The Morgan fingerprint density at radius 1 is 0.976 bits per heavy atom. The van der Waals surface area contributed by atoms with E-state index in [0.29, 0.717) is 17.1 Å². The first-order valence-corrected chi connectivity index (χ1v) is 16.6. The molecule has 3 aromatic carbocycles. The van der Waals surface area contributed by atoms with Crippen molar-refractivity contribution >= 4 is 55.1 Å². The van der Waals surface area contributed by atoms with Crippen molar-refractivity contribution in [3.05, 3.63) is 99.5 Å². The highest BCUT2D eigenvalue weighted by Gasteiger charge is 2.31. The molecule has 0 heterocycles. The number of benzene rings is 3. The van der Waals surface area contributed by atoms with Crippen LogP contribution in [0.5, 0.6) is 0 Å². The molecule has 7 nitrogen and oxygen atoms in total. The minimum Gasteiger partial charge on any atom is -0.352 e. The van der Waals surface area contributed by atoms with Crippen LogP contribution in [0.1, 0.15) is 44.2 Å². The molecule has 220 valence electrons. The Balaban J connectivity index is 1.89. The second-order valence-corrected chi connectivity index (χ2v) is 13.3. The van der Waals surface area contributed by atoms with Gasteiger partial charge in [-0.3, -0.25) is 13.9 Å². The number of sulfonamides is 1. The first-order chi connectivity index (χ1) is 19.5. The van der Waals surface area contributed by atoms with Gasteiger partial charge in [0.25, 0.3) is 0 Å². The van der Waals surface area contributed by atoms with Crippen LogP contribution in [-0.2, 0) is 32.6 Å². The predicted octanol–water partition coefficient (Wildman–Crippen LogP) is 6.20. The Kier molecular flexibility index (Phi) is 12.2. The van der Waals surface area contributed by atoms with Crippen molar-refractivity contribution in [1.29, 1.82) is 0 Å². The molecule has 0 saturated carbocycles. The van der Waals surface area contributed by atoms with Gasteiger partial charge in [-0.1, -0.05) is 76.9 Å². The monoisotopic (exact) mass is 661 g/mol. The maximum Gasteiger partial charge on any atom is 0.243 e. The summed E-state index contributed by atoms with van der Waals surface area (Å²) in [6, 6.07) is 23.0. The van der Waals surface area contributed by atoms with Gasteiger partial charge in [0.05, 0.1) is 11.9 Å². The van der Waals surface area contributed by atoms with Crippen molar-refractivity contribution in [2.24, 2.45) is 0 Å². The maximum absolute atomic E-state index is 13.9. The maximum atomic E-state index is 13.9. The lowest BCUT2D eigenvalue weighted by Crippen LogP contribution is -2.52. The van der Waals surface area contributed by atoms with E-state index in [4.69, 9.17) is 11.6 Å². The van der Waals surface area contributed by atoms with E-state index in [9.17, 15) is 18.0 Å². The molecule has 3 rings (SSSR count). The first kappa shape index (κ1) is 32.6. The molecule has 0 unspecified atom stereocenters. The average molecular weight is 663 g/mol. The van der Waals surface area contributed by atoms with Crippen LogP contribution >= 0.6 is 27.5 Å². The number of rotatable bonds is 14. The second-order valence-electron chi connectivity index (χ2n) is 10.1. The van der Waals surface area contributed by atoms with E-state index >= 15 is 0 Å². The third-order valence-corrected chi connectivity index (χ3v) is 8.72. The molecule has 1 N–H and O–H groups in total. The highest BCUT2D eigenvalue weighted by Crippen LogP contribution is 2.23. The number of hydrogen-bond donors (Lipinski definition) is 1. The van der Waals surface area contributed by atoms with Gasteiger partial charge in [0.2, 0.25) is 21.8 Å². The van der Waals surface area contributed by atoms with Crippen LogP contribution < -0.4 is 9.62 Å². The van der Waals surface area contributed by atoms with E-state index in [1.807, 2.05) is 68.4 Å². The molecule has 2 atom stereocenters. The number of nitrogens with zero attached hydrogens (tertiary/aromatic N) is 2. The van der Waals surface area contributed by atoms with Crippen LogP contribution in [0.4, 0.5) is 5.69 Å². The summed E-state index contributed by atoms with van der Waals surface area (Å²) in [5, 5.41) is 3.56. The molecule has 0 spiro atoms. The number of nitrogens with one attached hydrogen (secondary N) is 1. The summed E-state index contributed by atoms with van der Waals surface area (Å²) in [7, 11) is -3.59.